The molecule has 2 heterocycles. The van der Waals surface area contributed by atoms with Gasteiger partial charge < -0.3 is 25.0 Å². The van der Waals surface area contributed by atoms with E-state index >= 15 is 0 Å². The molecular formula is C15H24N4O3. The summed E-state index contributed by atoms with van der Waals surface area (Å²) in [5.74, 6) is 0.896. The van der Waals surface area contributed by atoms with E-state index in [0.717, 1.165) is 18.9 Å². The molecule has 2 rings (SSSR count). The van der Waals surface area contributed by atoms with Crippen LogP contribution in [0.25, 0.3) is 0 Å². The first-order valence-corrected chi connectivity index (χ1v) is 7.48. The van der Waals surface area contributed by atoms with Crippen LogP contribution in [0.5, 0.6) is 0 Å². The van der Waals surface area contributed by atoms with Crippen LogP contribution in [0, 0.1) is 0 Å². The smallest absolute Gasteiger partial charge is 0.319 e. The van der Waals surface area contributed by atoms with Gasteiger partial charge in [-0.1, -0.05) is 0 Å². The monoisotopic (exact) mass is 308 g/mol. The number of nitrogens with one attached hydrogen (secondary N) is 2. The molecular weight excluding hydrogens is 284 g/mol. The number of amides is 2. The van der Waals surface area contributed by atoms with E-state index in [-0.39, 0.29) is 18.2 Å². The number of carbonyl (C=O) groups excluding carboxylic acids is 1. The van der Waals surface area contributed by atoms with Gasteiger partial charge in [0.05, 0.1) is 30.7 Å². The average molecular weight is 308 g/mol. The molecule has 0 bridgehead atoms. The van der Waals surface area contributed by atoms with Gasteiger partial charge in [0.1, 0.15) is 5.82 Å². The highest BCUT2D eigenvalue weighted by molar-refractivity contribution is 5.89. The van der Waals surface area contributed by atoms with Gasteiger partial charge in [-0.3, -0.25) is 0 Å². The summed E-state index contributed by atoms with van der Waals surface area (Å²) in [6.45, 7) is 6.71. The molecule has 2 N–H and O–H groups in total. The van der Waals surface area contributed by atoms with Gasteiger partial charge in [0.25, 0.3) is 0 Å². The van der Waals surface area contributed by atoms with Crippen molar-refractivity contribution in [2.24, 2.45) is 0 Å². The topological polar surface area (TPSA) is 75.7 Å². The van der Waals surface area contributed by atoms with Gasteiger partial charge in [0.2, 0.25) is 0 Å². The fourth-order valence-electron chi connectivity index (χ4n) is 2.45. The molecule has 7 nitrogen and oxygen atoms in total. The van der Waals surface area contributed by atoms with E-state index < -0.39 is 0 Å². The standard InChI is InChI=1S/C15H24N4O3/c1-11-9-19(10-12(2)22-11)14-5-4-13(8-17-14)18-15(20)16-6-7-21-3/h4-5,8,11-12H,6-7,9-10H2,1-3H3,(H2,16,18,20)/t11-,12-/m1/s1. The Kier molecular flexibility index (Phi) is 5.97. The van der Waals surface area contributed by atoms with Crippen molar-refractivity contribution < 1.29 is 14.3 Å². The van der Waals surface area contributed by atoms with Crippen molar-refractivity contribution in [1.29, 1.82) is 0 Å². The number of nitrogens with zero attached hydrogens (tertiary/aromatic N) is 2. The van der Waals surface area contributed by atoms with Crippen LogP contribution in [0.2, 0.25) is 0 Å². The van der Waals surface area contributed by atoms with E-state index in [1.165, 1.54) is 0 Å². The second-order valence-corrected chi connectivity index (χ2v) is 5.44. The van der Waals surface area contributed by atoms with E-state index in [9.17, 15) is 4.79 Å². The minimum atomic E-state index is -0.264. The number of anilines is 2. The van der Waals surface area contributed by atoms with Crippen LogP contribution in [-0.2, 0) is 9.47 Å². The normalized spacial score (nSPS) is 21.5. The quantitative estimate of drug-likeness (QED) is 0.806. The van der Waals surface area contributed by atoms with Crippen molar-refractivity contribution in [3.63, 3.8) is 0 Å². The zero-order valence-electron chi connectivity index (χ0n) is 13.3. The number of ether oxygens (including phenoxy) is 2. The van der Waals surface area contributed by atoms with Gasteiger partial charge in [-0.05, 0) is 26.0 Å². The number of morpholine rings is 1. The van der Waals surface area contributed by atoms with Gasteiger partial charge in [-0.2, -0.15) is 0 Å². The minimum absolute atomic E-state index is 0.190. The first-order chi connectivity index (χ1) is 10.6. The van der Waals surface area contributed by atoms with Gasteiger partial charge in [0, 0.05) is 26.7 Å². The number of hydrogen-bond donors (Lipinski definition) is 2. The third kappa shape index (κ3) is 4.85. The SMILES string of the molecule is COCCNC(=O)Nc1ccc(N2C[C@@H](C)O[C@H](C)C2)nc1. The van der Waals surface area contributed by atoms with Crippen molar-refractivity contribution >= 4 is 17.5 Å². The molecule has 0 radical (unpaired) electrons. The van der Waals surface area contributed by atoms with Crippen molar-refractivity contribution in [2.75, 3.05) is 43.6 Å². The van der Waals surface area contributed by atoms with Crippen molar-refractivity contribution in [1.82, 2.24) is 10.3 Å². The highest BCUT2D eigenvalue weighted by atomic mass is 16.5. The molecule has 2 atom stereocenters. The first-order valence-electron chi connectivity index (χ1n) is 7.48. The third-order valence-corrected chi connectivity index (χ3v) is 3.34. The van der Waals surface area contributed by atoms with Crippen LogP contribution in [0.4, 0.5) is 16.3 Å². The van der Waals surface area contributed by atoms with Gasteiger partial charge in [-0.15, -0.1) is 0 Å². The van der Waals surface area contributed by atoms with E-state index in [4.69, 9.17) is 9.47 Å². The van der Waals surface area contributed by atoms with E-state index in [2.05, 4.69) is 34.4 Å². The fourth-order valence-corrected chi connectivity index (χ4v) is 2.45. The largest absolute Gasteiger partial charge is 0.383 e. The molecule has 1 aliphatic rings. The van der Waals surface area contributed by atoms with Crippen LogP contribution in [-0.4, -0.2) is 56.6 Å². The maximum atomic E-state index is 11.6. The predicted molar refractivity (Wildman–Crippen MR) is 85.4 cm³/mol. The molecule has 0 aromatic carbocycles. The number of methoxy groups -OCH3 is 1. The number of carbonyl (C=O) groups is 1. The summed E-state index contributed by atoms with van der Waals surface area (Å²) >= 11 is 0. The van der Waals surface area contributed by atoms with Crippen molar-refractivity contribution in [3.8, 4) is 0 Å². The maximum absolute atomic E-state index is 11.6. The second kappa shape index (κ2) is 7.95. The van der Waals surface area contributed by atoms with E-state index in [1.54, 1.807) is 13.3 Å². The Balaban J connectivity index is 1.88. The summed E-state index contributed by atoms with van der Waals surface area (Å²) in [4.78, 5) is 18.2. The lowest BCUT2D eigenvalue weighted by Gasteiger charge is -2.36. The summed E-state index contributed by atoms with van der Waals surface area (Å²) in [5, 5.41) is 5.43. The molecule has 122 valence electrons. The zero-order chi connectivity index (χ0) is 15.9. The Bertz CT molecular complexity index is 470. The summed E-state index contributed by atoms with van der Waals surface area (Å²) in [6, 6.07) is 3.50. The van der Waals surface area contributed by atoms with Crippen LogP contribution in [0.15, 0.2) is 18.3 Å². The van der Waals surface area contributed by atoms with Crippen LogP contribution < -0.4 is 15.5 Å². The Morgan fingerprint density at radius 3 is 2.73 bits per heavy atom. The number of hydrogen-bond acceptors (Lipinski definition) is 5. The average Bonchev–Trinajstić information content (AvgIpc) is 2.47. The molecule has 2 amide bonds. The summed E-state index contributed by atoms with van der Waals surface area (Å²) in [5.41, 5.74) is 0.660. The van der Waals surface area contributed by atoms with Crippen molar-refractivity contribution in [3.05, 3.63) is 18.3 Å². The first kappa shape index (κ1) is 16.5. The van der Waals surface area contributed by atoms with Crippen LogP contribution in [0.1, 0.15) is 13.8 Å². The Morgan fingerprint density at radius 1 is 1.41 bits per heavy atom. The molecule has 1 aliphatic heterocycles. The highest BCUT2D eigenvalue weighted by Crippen LogP contribution is 2.19. The minimum Gasteiger partial charge on any atom is -0.383 e. The Hall–Kier alpha value is -1.86. The van der Waals surface area contributed by atoms with Gasteiger partial charge >= 0.3 is 6.03 Å². The molecule has 1 aromatic rings. The second-order valence-electron chi connectivity index (χ2n) is 5.44. The summed E-state index contributed by atoms with van der Waals surface area (Å²) in [6.07, 6.45) is 2.04. The molecule has 0 spiro atoms. The van der Waals surface area contributed by atoms with Crippen molar-refractivity contribution in [2.45, 2.75) is 26.1 Å². The fraction of sp³-hybridized carbons (Fsp3) is 0.600. The summed E-state index contributed by atoms with van der Waals surface area (Å²) in [7, 11) is 1.59. The van der Waals surface area contributed by atoms with Gasteiger partial charge in [-0.25, -0.2) is 9.78 Å². The lowest BCUT2D eigenvalue weighted by atomic mass is 10.2. The number of rotatable bonds is 5. The van der Waals surface area contributed by atoms with E-state index in [1.807, 2.05) is 12.1 Å². The van der Waals surface area contributed by atoms with Crippen LogP contribution in [0.3, 0.4) is 0 Å². The third-order valence-electron chi connectivity index (χ3n) is 3.34. The lowest BCUT2D eigenvalue weighted by Crippen LogP contribution is -2.45. The Labute approximate surface area is 131 Å². The molecule has 7 heteroatoms. The van der Waals surface area contributed by atoms with E-state index in [0.29, 0.717) is 18.8 Å². The van der Waals surface area contributed by atoms with Gasteiger partial charge in [0.15, 0.2) is 0 Å². The molecule has 22 heavy (non-hydrogen) atoms. The molecule has 1 saturated heterocycles. The molecule has 0 unspecified atom stereocenters. The maximum Gasteiger partial charge on any atom is 0.319 e. The number of urea groups is 1. The zero-order valence-corrected chi connectivity index (χ0v) is 13.3. The lowest BCUT2D eigenvalue weighted by molar-refractivity contribution is -0.00545. The molecule has 1 aromatic heterocycles. The number of aromatic nitrogens is 1. The Morgan fingerprint density at radius 2 is 2.14 bits per heavy atom. The van der Waals surface area contributed by atoms with Crippen LogP contribution >= 0.6 is 0 Å². The predicted octanol–water partition coefficient (Wildman–Crippen LogP) is 1.46. The molecule has 0 saturated carbocycles. The molecule has 1 fully saturated rings. The highest BCUT2D eigenvalue weighted by Gasteiger charge is 2.22. The molecule has 0 aliphatic carbocycles. The summed E-state index contributed by atoms with van der Waals surface area (Å²) < 4.78 is 10.6. The number of pyridine rings is 1.